The number of aryl methyl sites for hydroxylation is 1. The van der Waals surface area contributed by atoms with Gasteiger partial charge in [0.15, 0.2) is 0 Å². The van der Waals surface area contributed by atoms with Crippen molar-refractivity contribution >= 4 is 17.4 Å². The molecule has 0 saturated carbocycles. The molecule has 0 aliphatic carbocycles. The summed E-state index contributed by atoms with van der Waals surface area (Å²) in [6, 6.07) is 5.62. The van der Waals surface area contributed by atoms with Crippen molar-refractivity contribution in [2.75, 3.05) is 49.2 Å². The number of pyridine rings is 1. The lowest BCUT2D eigenvalue weighted by Gasteiger charge is -2.31. The second-order valence-electron chi connectivity index (χ2n) is 9.49. The number of aromatic nitrogens is 1. The Balaban J connectivity index is 1.29. The smallest absolute Gasteiger partial charge is 0.233 e. The summed E-state index contributed by atoms with van der Waals surface area (Å²) in [7, 11) is 0. The summed E-state index contributed by atoms with van der Waals surface area (Å²) in [5.74, 6) is 1.34. The molecule has 2 atom stereocenters. The van der Waals surface area contributed by atoms with Gasteiger partial charge in [-0.2, -0.15) is 0 Å². The maximum Gasteiger partial charge on any atom is 0.233 e. The van der Waals surface area contributed by atoms with Gasteiger partial charge in [0, 0.05) is 44.9 Å². The quantitative estimate of drug-likeness (QED) is 0.783. The normalized spacial score (nSPS) is 30.1. The van der Waals surface area contributed by atoms with Crippen LogP contribution in [-0.2, 0) is 9.53 Å². The largest absolute Gasteiger partial charge is 0.381 e. The molecule has 1 aromatic rings. The second kappa shape index (κ2) is 7.55. The van der Waals surface area contributed by atoms with Crippen LogP contribution >= 0.6 is 0 Å². The van der Waals surface area contributed by atoms with Crippen molar-refractivity contribution in [3.63, 3.8) is 0 Å². The summed E-state index contributed by atoms with van der Waals surface area (Å²) >= 11 is 0. The van der Waals surface area contributed by atoms with Gasteiger partial charge in [-0.3, -0.25) is 9.69 Å². The van der Waals surface area contributed by atoms with Crippen molar-refractivity contribution in [1.82, 2.24) is 9.88 Å². The number of amides is 1. The van der Waals surface area contributed by atoms with Gasteiger partial charge in [-0.25, -0.2) is 4.98 Å². The summed E-state index contributed by atoms with van der Waals surface area (Å²) in [6.07, 6.45) is 6.55. The van der Waals surface area contributed by atoms with Crippen molar-refractivity contribution in [2.24, 2.45) is 5.41 Å². The Morgan fingerprint density at radius 1 is 1.10 bits per heavy atom. The zero-order chi connectivity index (χ0) is 20.0. The molecule has 6 nitrogen and oxygen atoms in total. The molecule has 4 aliphatic heterocycles. The van der Waals surface area contributed by atoms with Crippen LogP contribution in [0.3, 0.4) is 0 Å². The highest BCUT2D eigenvalue weighted by atomic mass is 16.5. The number of hydrogen-bond donors (Lipinski definition) is 0. The summed E-state index contributed by atoms with van der Waals surface area (Å²) < 4.78 is 5.50. The predicted molar refractivity (Wildman–Crippen MR) is 114 cm³/mol. The Bertz CT molecular complexity index is 776. The van der Waals surface area contributed by atoms with Crippen LogP contribution in [0.25, 0.3) is 0 Å². The Hall–Kier alpha value is -1.66. The van der Waals surface area contributed by atoms with Crippen molar-refractivity contribution in [3.05, 3.63) is 17.8 Å². The molecule has 0 aromatic carbocycles. The first-order chi connectivity index (χ1) is 14.1. The van der Waals surface area contributed by atoms with E-state index in [9.17, 15) is 4.79 Å². The van der Waals surface area contributed by atoms with Gasteiger partial charge < -0.3 is 14.5 Å². The van der Waals surface area contributed by atoms with Gasteiger partial charge >= 0.3 is 0 Å². The molecule has 1 amide bonds. The van der Waals surface area contributed by atoms with E-state index in [-0.39, 0.29) is 11.3 Å². The van der Waals surface area contributed by atoms with E-state index in [1.54, 1.807) is 0 Å². The summed E-state index contributed by atoms with van der Waals surface area (Å²) in [5.41, 5.74) is 1.77. The first-order valence-corrected chi connectivity index (χ1v) is 11.5. The predicted octanol–water partition coefficient (Wildman–Crippen LogP) is 2.99. The monoisotopic (exact) mass is 398 g/mol. The van der Waals surface area contributed by atoms with Gasteiger partial charge in [-0.1, -0.05) is 0 Å². The molecule has 1 aromatic heterocycles. The number of hydrogen-bond acceptors (Lipinski definition) is 5. The van der Waals surface area contributed by atoms with Crippen LogP contribution in [0.15, 0.2) is 12.1 Å². The first-order valence-electron chi connectivity index (χ1n) is 11.5. The molecular formula is C23H34N4O2. The molecule has 5 rings (SSSR count). The van der Waals surface area contributed by atoms with E-state index in [2.05, 4.69) is 35.8 Å². The third kappa shape index (κ3) is 3.34. The molecule has 0 bridgehead atoms. The van der Waals surface area contributed by atoms with Crippen LogP contribution < -0.4 is 9.80 Å². The highest BCUT2D eigenvalue weighted by Crippen LogP contribution is 2.43. The van der Waals surface area contributed by atoms with E-state index in [0.29, 0.717) is 19.3 Å². The van der Waals surface area contributed by atoms with Crippen molar-refractivity contribution in [1.29, 1.82) is 0 Å². The lowest BCUT2D eigenvalue weighted by molar-refractivity contribution is -0.130. The van der Waals surface area contributed by atoms with E-state index in [0.717, 1.165) is 62.1 Å². The number of carbonyl (C=O) groups excluding carboxylic acids is 1. The van der Waals surface area contributed by atoms with Gasteiger partial charge in [-0.05, 0) is 71.0 Å². The third-order valence-electron chi connectivity index (χ3n) is 7.86. The van der Waals surface area contributed by atoms with E-state index < -0.39 is 0 Å². The first kappa shape index (κ1) is 19.3. The highest BCUT2D eigenvalue weighted by molar-refractivity contribution is 6.00. The molecule has 4 saturated heterocycles. The summed E-state index contributed by atoms with van der Waals surface area (Å²) in [4.78, 5) is 25.3. The number of nitrogens with zero attached hydrogens (tertiary/aromatic N) is 4. The average molecular weight is 399 g/mol. The molecule has 29 heavy (non-hydrogen) atoms. The van der Waals surface area contributed by atoms with Gasteiger partial charge in [0.1, 0.15) is 5.82 Å². The van der Waals surface area contributed by atoms with Crippen LogP contribution in [0, 0.1) is 12.3 Å². The molecule has 4 fully saturated rings. The molecule has 4 aliphatic rings. The maximum atomic E-state index is 13.2. The average Bonchev–Trinajstić information content (AvgIpc) is 3.44. The lowest BCUT2D eigenvalue weighted by atomic mass is 9.79. The Morgan fingerprint density at radius 2 is 1.93 bits per heavy atom. The molecule has 5 heterocycles. The fraction of sp³-hybridized carbons (Fsp3) is 0.739. The molecule has 0 unspecified atom stereocenters. The van der Waals surface area contributed by atoms with Gasteiger partial charge in [-0.15, -0.1) is 0 Å². The Labute approximate surface area is 174 Å². The molecule has 0 radical (unpaired) electrons. The fourth-order valence-corrected chi connectivity index (χ4v) is 6.00. The van der Waals surface area contributed by atoms with Crippen LogP contribution in [0.4, 0.5) is 11.5 Å². The number of rotatable bonds is 3. The number of likely N-dealkylation sites (tertiary alicyclic amines) is 1. The fourth-order valence-electron chi connectivity index (χ4n) is 6.00. The highest BCUT2D eigenvalue weighted by Gasteiger charge is 2.48. The molecule has 0 N–H and O–H groups in total. The topological polar surface area (TPSA) is 48.9 Å². The number of anilines is 2. The SMILES string of the molecule is Cc1nc(N2CC[C@@H](N3CCC[C@@H]3C)C2)ccc1N1CCC2(CCOCC2)C1=O. The second-order valence-corrected chi connectivity index (χ2v) is 9.49. The van der Waals surface area contributed by atoms with E-state index in [1.807, 2.05) is 4.90 Å². The van der Waals surface area contributed by atoms with Crippen molar-refractivity contribution in [2.45, 2.75) is 64.5 Å². The van der Waals surface area contributed by atoms with E-state index >= 15 is 0 Å². The minimum absolute atomic E-state index is 0.196. The van der Waals surface area contributed by atoms with Crippen molar-refractivity contribution in [3.8, 4) is 0 Å². The lowest BCUT2D eigenvalue weighted by Crippen LogP contribution is -2.39. The van der Waals surface area contributed by atoms with Crippen LogP contribution in [0.1, 0.15) is 51.1 Å². The standard InChI is InChI=1S/C23H34N4O2/c1-17-4-3-11-26(17)19-7-12-25(16-19)21-6-5-20(18(2)24-21)27-13-8-23(22(27)28)9-14-29-15-10-23/h5-6,17,19H,3-4,7-16H2,1-2H3/t17-,19+/m0/s1. The molecule has 158 valence electrons. The van der Waals surface area contributed by atoms with E-state index in [1.165, 1.54) is 25.8 Å². The van der Waals surface area contributed by atoms with Crippen LogP contribution in [0.5, 0.6) is 0 Å². The third-order valence-corrected chi connectivity index (χ3v) is 7.86. The number of ether oxygens (including phenoxy) is 1. The molecule has 6 heteroatoms. The van der Waals surface area contributed by atoms with Crippen LogP contribution in [-0.4, -0.2) is 67.3 Å². The van der Waals surface area contributed by atoms with Gasteiger partial charge in [0.2, 0.25) is 5.91 Å². The maximum absolute atomic E-state index is 13.2. The Kier molecular flexibility index (Phi) is 5.03. The molecular weight excluding hydrogens is 364 g/mol. The zero-order valence-electron chi connectivity index (χ0n) is 17.9. The zero-order valence-corrected chi connectivity index (χ0v) is 17.9. The van der Waals surface area contributed by atoms with Crippen LogP contribution in [0.2, 0.25) is 0 Å². The minimum Gasteiger partial charge on any atom is -0.381 e. The molecule has 1 spiro atoms. The number of carbonyl (C=O) groups is 1. The van der Waals surface area contributed by atoms with Gasteiger partial charge in [0.05, 0.1) is 16.8 Å². The van der Waals surface area contributed by atoms with Crippen molar-refractivity contribution < 1.29 is 9.53 Å². The van der Waals surface area contributed by atoms with Gasteiger partial charge in [0.25, 0.3) is 0 Å². The van der Waals surface area contributed by atoms with E-state index in [4.69, 9.17) is 9.72 Å². The Morgan fingerprint density at radius 3 is 2.66 bits per heavy atom. The summed E-state index contributed by atoms with van der Waals surface area (Å²) in [5, 5.41) is 0. The summed E-state index contributed by atoms with van der Waals surface area (Å²) in [6.45, 7) is 10.0. The minimum atomic E-state index is -0.196.